The summed E-state index contributed by atoms with van der Waals surface area (Å²) < 4.78 is 15.7. The van der Waals surface area contributed by atoms with E-state index in [4.69, 9.17) is 9.79 Å². The molecule has 0 spiro atoms. The number of nitrogens with zero attached hydrogens (tertiary/aromatic N) is 1. The van der Waals surface area contributed by atoms with Crippen LogP contribution in [-0.4, -0.2) is 24.7 Å². The van der Waals surface area contributed by atoms with Gasteiger partial charge in [0.15, 0.2) is 0 Å². The van der Waals surface area contributed by atoms with Gasteiger partial charge in [-0.2, -0.15) is 4.73 Å². The number of fused-ring (bicyclic) bond motifs is 1. The van der Waals surface area contributed by atoms with Gasteiger partial charge in [-0.3, -0.25) is 9.79 Å². The molecule has 0 atom stereocenters. The summed E-state index contributed by atoms with van der Waals surface area (Å²) in [4.78, 5) is 17.3. The lowest BCUT2D eigenvalue weighted by molar-refractivity contribution is 0.184. The number of rotatable bonds is 2. The first-order valence-corrected chi connectivity index (χ1v) is 5.68. The number of phenols is 1. The molecule has 4 N–H and O–H groups in total. The van der Waals surface area contributed by atoms with Crippen molar-refractivity contribution in [2.45, 2.75) is 0 Å². The third-order valence-corrected chi connectivity index (χ3v) is 2.32. The zero-order valence-electron chi connectivity index (χ0n) is 7.81. The molecule has 1 aromatic heterocycles. The maximum atomic E-state index is 10.6. The molecule has 0 amide bonds. The average Bonchev–Trinajstić information content (AvgIpc) is 2.40. The summed E-state index contributed by atoms with van der Waals surface area (Å²) in [5.74, 6) is -0.323. The number of aromatic hydroxyl groups is 2. The van der Waals surface area contributed by atoms with Crippen molar-refractivity contribution in [1.29, 1.82) is 0 Å². The molecule has 0 bridgehead atoms. The van der Waals surface area contributed by atoms with Gasteiger partial charge in [0.2, 0.25) is 0 Å². The largest absolute Gasteiger partial charge is 0.543 e. The Morgan fingerprint density at radius 2 is 1.94 bits per heavy atom. The van der Waals surface area contributed by atoms with E-state index in [1.807, 2.05) is 0 Å². The second-order valence-electron chi connectivity index (χ2n) is 3.11. The lowest BCUT2D eigenvalue weighted by atomic mass is 10.2. The number of phenolic OH excluding ortho intramolecular Hbond substituents is 1. The van der Waals surface area contributed by atoms with Gasteiger partial charge in [0, 0.05) is 5.39 Å². The molecule has 0 unspecified atom stereocenters. The van der Waals surface area contributed by atoms with Crippen LogP contribution in [0.5, 0.6) is 11.5 Å². The first-order chi connectivity index (χ1) is 7.37. The highest BCUT2D eigenvalue weighted by Gasteiger charge is 2.19. The third-order valence-electron chi connectivity index (χ3n) is 1.93. The molecule has 86 valence electrons. The minimum absolute atomic E-state index is 0.0725. The molecule has 16 heavy (non-hydrogen) atoms. The predicted octanol–water partition coefficient (Wildman–Crippen LogP) is 0.574. The second kappa shape index (κ2) is 3.41. The van der Waals surface area contributed by atoms with E-state index < -0.39 is 7.82 Å². The van der Waals surface area contributed by atoms with Crippen LogP contribution in [0.15, 0.2) is 24.4 Å². The number of aromatic nitrogens is 1. The second-order valence-corrected chi connectivity index (χ2v) is 4.26. The zero-order chi connectivity index (χ0) is 11.9. The van der Waals surface area contributed by atoms with E-state index in [2.05, 4.69) is 4.62 Å². The summed E-state index contributed by atoms with van der Waals surface area (Å²) in [5, 5.41) is 18.9. The van der Waals surface area contributed by atoms with Gasteiger partial charge in [-0.25, -0.2) is 4.57 Å². The standard InChI is InChI=1S/C8H8NO6P/c10-5-1-2-7-6(3-5)8(11)4-9(7)15-16(12,13)14/h1-4,10-11H,(H2,12,13,14). The van der Waals surface area contributed by atoms with Crippen LogP contribution in [0.25, 0.3) is 10.9 Å². The van der Waals surface area contributed by atoms with E-state index in [0.29, 0.717) is 0 Å². The van der Waals surface area contributed by atoms with E-state index in [-0.39, 0.29) is 22.4 Å². The molecule has 0 radical (unpaired) electrons. The number of phosphoric acid groups is 1. The summed E-state index contributed by atoms with van der Waals surface area (Å²) >= 11 is 0. The van der Waals surface area contributed by atoms with Gasteiger partial charge in [0.05, 0.1) is 11.7 Å². The molecule has 0 aliphatic carbocycles. The molecule has 0 aliphatic rings. The van der Waals surface area contributed by atoms with Crippen LogP contribution in [-0.2, 0) is 4.57 Å². The van der Waals surface area contributed by atoms with E-state index in [1.54, 1.807) is 0 Å². The maximum absolute atomic E-state index is 10.6. The molecule has 1 heterocycles. The highest BCUT2D eigenvalue weighted by atomic mass is 31.2. The van der Waals surface area contributed by atoms with Gasteiger partial charge in [-0.05, 0) is 18.2 Å². The summed E-state index contributed by atoms with van der Waals surface area (Å²) in [7, 11) is -4.70. The summed E-state index contributed by atoms with van der Waals surface area (Å²) in [6, 6.07) is 3.92. The smallest absolute Gasteiger partial charge is 0.508 e. The number of hydrogen-bond donors (Lipinski definition) is 4. The van der Waals surface area contributed by atoms with E-state index in [1.165, 1.54) is 18.2 Å². The molecular weight excluding hydrogens is 237 g/mol. The molecule has 0 fully saturated rings. The average molecular weight is 245 g/mol. The molecule has 2 rings (SSSR count). The van der Waals surface area contributed by atoms with Gasteiger partial charge in [0.25, 0.3) is 0 Å². The molecule has 0 aliphatic heterocycles. The normalized spacial score (nSPS) is 11.9. The van der Waals surface area contributed by atoms with E-state index in [0.717, 1.165) is 10.9 Å². The Bertz CT molecular complexity index is 585. The zero-order valence-corrected chi connectivity index (χ0v) is 8.70. The maximum Gasteiger partial charge on any atom is 0.543 e. The SMILES string of the molecule is O=P(O)(O)On1cc(O)c2cc(O)ccc21. The van der Waals surface area contributed by atoms with Crippen molar-refractivity contribution < 1.29 is 29.2 Å². The van der Waals surface area contributed by atoms with Crippen LogP contribution >= 0.6 is 7.82 Å². The molecule has 2 aromatic rings. The summed E-state index contributed by atoms with van der Waals surface area (Å²) in [6.07, 6.45) is 1.00. The molecular formula is C8H8NO6P. The minimum atomic E-state index is -4.70. The van der Waals surface area contributed by atoms with Crippen molar-refractivity contribution in [3.63, 3.8) is 0 Å². The van der Waals surface area contributed by atoms with Gasteiger partial charge >= 0.3 is 7.82 Å². The van der Waals surface area contributed by atoms with Crippen molar-refractivity contribution >= 4 is 18.7 Å². The quantitative estimate of drug-likeness (QED) is 0.575. The van der Waals surface area contributed by atoms with Gasteiger partial charge in [0.1, 0.15) is 11.5 Å². The Hall–Kier alpha value is -1.69. The lowest BCUT2D eigenvalue weighted by Gasteiger charge is -2.07. The van der Waals surface area contributed by atoms with Crippen LogP contribution < -0.4 is 4.62 Å². The fourth-order valence-corrected chi connectivity index (χ4v) is 1.72. The van der Waals surface area contributed by atoms with Crippen molar-refractivity contribution in [1.82, 2.24) is 4.73 Å². The first kappa shape index (κ1) is 10.8. The van der Waals surface area contributed by atoms with Crippen LogP contribution in [0.1, 0.15) is 0 Å². The van der Waals surface area contributed by atoms with Crippen LogP contribution in [0.4, 0.5) is 0 Å². The monoisotopic (exact) mass is 245 g/mol. The van der Waals surface area contributed by atoms with Crippen LogP contribution in [0.2, 0.25) is 0 Å². The Labute approximate surface area is 89.3 Å². The molecule has 0 saturated carbocycles. The summed E-state index contributed by atoms with van der Waals surface area (Å²) in [5.41, 5.74) is 0.235. The minimum Gasteiger partial charge on any atom is -0.508 e. The number of hydrogen-bond acceptors (Lipinski definition) is 4. The third kappa shape index (κ3) is 1.96. The highest BCUT2D eigenvalue weighted by Crippen LogP contribution is 2.36. The van der Waals surface area contributed by atoms with Crippen LogP contribution in [0.3, 0.4) is 0 Å². The topological polar surface area (TPSA) is 112 Å². The predicted molar refractivity (Wildman–Crippen MR) is 53.9 cm³/mol. The lowest BCUT2D eigenvalue weighted by Crippen LogP contribution is -2.06. The van der Waals surface area contributed by atoms with Crippen molar-refractivity contribution in [3.05, 3.63) is 24.4 Å². The Balaban J connectivity index is 2.60. The Kier molecular flexibility index (Phi) is 2.31. The number of benzene rings is 1. The molecule has 7 nitrogen and oxygen atoms in total. The van der Waals surface area contributed by atoms with Crippen molar-refractivity contribution in [2.75, 3.05) is 0 Å². The molecule has 1 aromatic carbocycles. The Morgan fingerprint density at radius 1 is 1.25 bits per heavy atom. The fraction of sp³-hybridized carbons (Fsp3) is 0. The van der Waals surface area contributed by atoms with Gasteiger partial charge in [-0.1, -0.05) is 0 Å². The van der Waals surface area contributed by atoms with Crippen molar-refractivity contribution in [3.8, 4) is 11.5 Å². The van der Waals surface area contributed by atoms with E-state index >= 15 is 0 Å². The Morgan fingerprint density at radius 3 is 2.56 bits per heavy atom. The first-order valence-electron chi connectivity index (χ1n) is 4.15. The van der Waals surface area contributed by atoms with Gasteiger partial charge < -0.3 is 14.8 Å². The van der Waals surface area contributed by atoms with Crippen LogP contribution in [0, 0.1) is 0 Å². The van der Waals surface area contributed by atoms with Crippen molar-refractivity contribution in [2.24, 2.45) is 0 Å². The summed E-state index contributed by atoms with van der Waals surface area (Å²) in [6.45, 7) is 0. The van der Waals surface area contributed by atoms with E-state index in [9.17, 15) is 14.8 Å². The molecule has 0 saturated heterocycles. The van der Waals surface area contributed by atoms with Gasteiger partial charge in [-0.15, -0.1) is 0 Å². The fourth-order valence-electron chi connectivity index (χ4n) is 1.35. The highest BCUT2D eigenvalue weighted by molar-refractivity contribution is 7.46. The molecule has 8 heteroatoms.